The summed E-state index contributed by atoms with van der Waals surface area (Å²) in [5.74, 6) is -0.698. The smallest absolute Gasteiger partial charge is 0.365 e. The van der Waals surface area contributed by atoms with E-state index in [-0.39, 0.29) is 18.3 Å². The number of likely N-dealkylation sites (tertiary alicyclic amines) is 1. The Bertz CT molecular complexity index is 1840. The fraction of sp³-hybridized carbons (Fsp3) is 0.419. The second-order valence-corrected chi connectivity index (χ2v) is 14.8. The van der Waals surface area contributed by atoms with Crippen LogP contribution in [0, 0.1) is 5.82 Å². The number of halogens is 4. The van der Waals surface area contributed by atoms with Gasteiger partial charge in [0.05, 0.1) is 22.4 Å². The average Bonchev–Trinajstić information content (AvgIpc) is 3.55. The highest BCUT2D eigenvalue weighted by Crippen LogP contribution is 2.41. The van der Waals surface area contributed by atoms with Crippen LogP contribution in [0.2, 0.25) is 0 Å². The maximum absolute atomic E-state index is 13.8. The standard InChI is InChI=1S/C31H33F4N5O3S2/c1-45(42,43)39-16-11-25-24(18-39)28(20-3-5-21(6-4-20)31(33,34)35)37-40(25)13-2-12-38-14-9-19(10-15-38)27-23-8-7-22(32)17-26(23)44-29(27)30(36)41/h3-8,17,19H,2,9-16,18H2,1H3,(H2,36,41). The predicted octanol–water partition coefficient (Wildman–Crippen LogP) is 5.61. The van der Waals surface area contributed by atoms with Gasteiger partial charge in [-0.15, -0.1) is 11.3 Å². The van der Waals surface area contributed by atoms with E-state index in [4.69, 9.17) is 10.8 Å². The molecule has 0 radical (unpaired) electrons. The van der Waals surface area contributed by atoms with E-state index in [0.717, 1.165) is 84.2 Å². The van der Waals surface area contributed by atoms with Gasteiger partial charge < -0.3 is 10.6 Å². The lowest BCUT2D eigenvalue weighted by Crippen LogP contribution is -2.36. The lowest BCUT2D eigenvalue weighted by atomic mass is 9.87. The Morgan fingerprint density at radius 3 is 2.42 bits per heavy atom. The van der Waals surface area contributed by atoms with Gasteiger partial charge in [0.15, 0.2) is 0 Å². The highest BCUT2D eigenvalue weighted by molar-refractivity contribution is 7.88. The first-order chi connectivity index (χ1) is 21.3. The number of thiophene rings is 1. The second kappa shape index (κ2) is 12.1. The van der Waals surface area contributed by atoms with E-state index in [9.17, 15) is 30.8 Å². The van der Waals surface area contributed by atoms with Gasteiger partial charge in [-0.3, -0.25) is 9.48 Å². The maximum Gasteiger partial charge on any atom is 0.416 e. The van der Waals surface area contributed by atoms with E-state index >= 15 is 0 Å². The number of rotatable bonds is 8. The molecule has 45 heavy (non-hydrogen) atoms. The number of fused-ring (bicyclic) bond motifs is 2. The Labute approximate surface area is 262 Å². The molecule has 0 atom stereocenters. The molecule has 0 bridgehead atoms. The number of carbonyl (C=O) groups is 1. The molecule has 14 heteroatoms. The molecule has 1 fully saturated rings. The van der Waals surface area contributed by atoms with Crippen molar-refractivity contribution >= 4 is 37.4 Å². The van der Waals surface area contributed by atoms with Crippen molar-refractivity contribution in [3.8, 4) is 11.3 Å². The molecule has 2 N–H and O–H groups in total. The molecular formula is C31H33F4N5O3S2. The van der Waals surface area contributed by atoms with Crippen LogP contribution in [0.25, 0.3) is 21.3 Å². The Hall–Kier alpha value is -3.33. The van der Waals surface area contributed by atoms with E-state index in [1.807, 2.05) is 4.68 Å². The molecule has 0 unspecified atom stereocenters. The molecule has 2 aromatic heterocycles. The Morgan fingerprint density at radius 2 is 1.78 bits per heavy atom. The zero-order chi connectivity index (χ0) is 32.1. The summed E-state index contributed by atoms with van der Waals surface area (Å²) >= 11 is 1.24. The fourth-order valence-corrected chi connectivity index (χ4v) is 8.50. The van der Waals surface area contributed by atoms with Crippen molar-refractivity contribution < 1.29 is 30.8 Å². The molecule has 4 heterocycles. The monoisotopic (exact) mass is 663 g/mol. The summed E-state index contributed by atoms with van der Waals surface area (Å²) in [6, 6.07) is 9.39. The predicted molar refractivity (Wildman–Crippen MR) is 165 cm³/mol. The lowest BCUT2D eigenvalue weighted by molar-refractivity contribution is -0.137. The molecule has 1 amide bonds. The molecule has 0 aliphatic carbocycles. The molecular weight excluding hydrogens is 630 g/mol. The molecule has 2 aliphatic rings. The molecule has 0 spiro atoms. The van der Waals surface area contributed by atoms with Gasteiger partial charge in [-0.05, 0) is 80.0 Å². The first-order valence-electron chi connectivity index (χ1n) is 14.7. The first kappa shape index (κ1) is 31.6. The number of nitrogens with two attached hydrogens (primary N) is 1. The molecule has 2 aliphatic heterocycles. The van der Waals surface area contributed by atoms with Crippen LogP contribution in [0.5, 0.6) is 0 Å². The van der Waals surface area contributed by atoms with Gasteiger partial charge in [-0.25, -0.2) is 12.8 Å². The quantitative estimate of drug-likeness (QED) is 0.247. The van der Waals surface area contributed by atoms with Gasteiger partial charge in [-0.2, -0.15) is 22.6 Å². The summed E-state index contributed by atoms with van der Waals surface area (Å²) in [7, 11) is -3.46. The minimum Gasteiger partial charge on any atom is -0.365 e. The first-order valence-corrected chi connectivity index (χ1v) is 17.4. The maximum atomic E-state index is 13.8. The Kier molecular flexibility index (Phi) is 8.52. The normalized spacial score (nSPS) is 17.2. The highest BCUT2D eigenvalue weighted by atomic mass is 32.2. The number of aryl methyl sites for hydroxylation is 1. The van der Waals surface area contributed by atoms with Gasteiger partial charge in [0.25, 0.3) is 5.91 Å². The Morgan fingerprint density at radius 1 is 1.07 bits per heavy atom. The van der Waals surface area contributed by atoms with E-state index in [1.54, 1.807) is 6.07 Å². The number of piperidine rings is 1. The van der Waals surface area contributed by atoms with E-state index in [0.29, 0.717) is 35.6 Å². The minimum absolute atomic E-state index is 0.120. The summed E-state index contributed by atoms with van der Waals surface area (Å²) < 4.78 is 81.9. The van der Waals surface area contributed by atoms with Crippen molar-refractivity contribution in [1.82, 2.24) is 19.0 Å². The lowest BCUT2D eigenvalue weighted by Gasteiger charge is -2.32. The molecule has 2 aromatic carbocycles. The number of hydrogen-bond acceptors (Lipinski definition) is 6. The molecule has 4 aromatic rings. The molecule has 0 saturated carbocycles. The zero-order valence-electron chi connectivity index (χ0n) is 24.6. The van der Waals surface area contributed by atoms with E-state index in [2.05, 4.69) is 4.90 Å². The number of hydrogen-bond donors (Lipinski definition) is 1. The van der Waals surface area contributed by atoms with Crippen LogP contribution in [0.15, 0.2) is 42.5 Å². The number of aromatic nitrogens is 2. The fourth-order valence-electron chi connectivity index (χ4n) is 6.55. The minimum atomic E-state index is -4.46. The molecule has 8 nitrogen and oxygen atoms in total. The third kappa shape index (κ3) is 6.51. The molecule has 1 saturated heterocycles. The Balaban J connectivity index is 1.15. The number of benzene rings is 2. The van der Waals surface area contributed by atoms with Gasteiger partial charge >= 0.3 is 6.18 Å². The van der Waals surface area contributed by atoms with Crippen LogP contribution in [0.4, 0.5) is 17.6 Å². The van der Waals surface area contributed by atoms with Crippen molar-refractivity contribution in [2.75, 3.05) is 32.4 Å². The number of primary amides is 1. The SMILES string of the molecule is CS(=O)(=O)N1CCc2c(c(-c3ccc(C(F)(F)F)cc3)nn2CCCN2CCC(c3c(C(N)=O)sc4cc(F)ccc34)CC2)C1. The number of amides is 1. The van der Waals surface area contributed by atoms with Crippen LogP contribution < -0.4 is 5.73 Å². The molecule has 6 rings (SSSR count). The van der Waals surface area contributed by atoms with E-state index in [1.165, 1.54) is 39.9 Å². The number of sulfonamides is 1. The van der Waals surface area contributed by atoms with Crippen LogP contribution in [0.3, 0.4) is 0 Å². The summed E-state index contributed by atoms with van der Waals surface area (Å²) in [4.78, 5) is 15.1. The number of alkyl halides is 3. The van der Waals surface area contributed by atoms with Gasteiger partial charge in [0.1, 0.15) is 5.82 Å². The summed E-state index contributed by atoms with van der Waals surface area (Å²) in [5, 5.41) is 5.67. The van der Waals surface area contributed by atoms with Gasteiger partial charge in [-0.1, -0.05) is 18.2 Å². The number of nitrogens with zero attached hydrogens (tertiary/aromatic N) is 4. The van der Waals surface area contributed by atoms with Crippen molar-refractivity contribution in [2.45, 2.75) is 50.9 Å². The summed E-state index contributed by atoms with van der Waals surface area (Å²) in [6.07, 6.45) is -0.408. The largest absolute Gasteiger partial charge is 0.416 e. The topological polar surface area (TPSA) is 102 Å². The second-order valence-electron chi connectivity index (χ2n) is 11.7. The third-order valence-electron chi connectivity index (χ3n) is 8.81. The van der Waals surface area contributed by atoms with Crippen LogP contribution >= 0.6 is 11.3 Å². The third-order valence-corrected chi connectivity index (χ3v) is 11.2. The number of carbonyl (C=O) groups excluding carboxylic acids is 1. The van der Waals surface area contributed by atoms with Crippen molar-refractivity contribution in [3.63, 3.8) is 0 Å². The highest BCUT2D eigenvalue weighted by Gasteiger charge is 2.33. The summed E-state index contributed by atoms with van der Waals surface area (Å²) in [6.45, 7) is 3.44. The molecule has 240 valence electrons. The van der Waals surface area contributed by atoms with Gasteiger partial charge in [0.2, 0.25) is 10.0 Å². The van der Waals surface area contributed by atoms with Crippen LogP contribution in [-0.4, -0.2) is 65.7 Å². The zero-order valence-corrected chi connectivity index (χ0v) is 26.2. The summed E-state index contributed by atoms with van der Waals surface area (Å²) in [5.41, 5.74) is 8.49. The van der Waals surface area contributed by atoms with Crippen molar-refractivity contribution in [3.05, 3.63) is 75.5 Å². The van der Waals surface area contributed by atoms with Gasteiger partial charge in [0, 0.05) is 47.6 Å². The van der Waals surface area contributed by atoms with Crippen molar-refractivity contribution in [2.24, 2.45) is 5.73 Å². The van der Waals surface area contributed by atoms with Crippen molar-refractivity contribution in [1.29, 1.82) is 0 Å². The average molecular weight is 664 g/mol. The van der Waals surface area contributed by atoms with Crippen LogP contribution in [-0.2, 0) is 35.7 Å². The van der Waals surface area contributed by atoms with Crippen LogP contribution in [0.1, 0.15) is 57.2 Å². The van der Waals surface area contributed by atoms with E-state index < -0.39 is 27.7 Å².